The maximum absolute atomic E-state index is 12.9. The molecule has 0 unspecified atom stereocenters. The number of thioether (sulfide) groups is 1. The van der Waals surface area contributed by atoms with Crippen LogP contribution in [0.3, 0.4) is 0 Å². The number of benzene rings is 2. The lowest BCUT2D eigenvalue weighted by Crippen LogP contribution is -2.34. The number of halogens is 3. The fourth-order valence-electron chi connectivity index (χ4n) is 2.54. The topological polar surface area (TPSA) is 49.4 Å². The largest absolute Gasteiger partial charge is 0.373 e. The second-order valence-corrected chi connectivity index (χ2v) is 6.41. The van der Waals surface area contributed by atoms with E-state index < -0.39 is 23.5 Å². The maximum Gasteiger partial charge on any atom is 0.288 e. The van der Waals surface area contributed by atoms with Gasteiger partial charge < -0.3 is 5.32 Å². The molecule has 0 bridgehead atoms. The number of anilines is 2. The Kier molecular flexibility index (Phi) is 4.98. The summed E-state index contributed by atoms with van der Waals surface area (Å²) in [6, 6.07) is 10.5. The molecule has 3 rings (SSSR count). The van der Waals surface area contributed by atoms with Gasteiger partial charge in [-0.25, -0.2) is 9.29 Å². The van der Waals surface area contributed by atoms with Crippen LogP contribution in [-0.4, -0.2) is 23.6 Å². The number of carbonyl (C=O) groups excluding carboxylic acids is 2. The molecule has 130 valence electrons. The molecular weight excluding hydrogens is 353 g/mol. The van der Waals surface area contributed by atoms with Crippen LogP contribution in [0, 0.1) is 5.82 Å². The summed E-state index contributed by atoms with van der Waals surface area (Å²) >= 11 is 0.390. The molecule has 0 aliphatic carbocycles. The van der Waals surface area contributed by atoms with E-state index in [-0.39, 0.29) is 12.3 Å². The molecule has 2 aromatic rings. The quantitative estimate of drug-likeness (QED) is 0.644. The van der Waals surface area contributed by atoms with Crippen molar-refractivity contribution in [1.29, 1.82) is 0 Å². The van der Waals surface area contributed by atoms with Crippen LogP contribution < -0.4 is 10.2 Å². The fourth-order valence-corrected chi connectivity index (χ4v) is 3.04. The average Bonchev–Trinajstić information content (AvgIpc) is 2.84. The summed E-state index contributed by atoms with van der Waals surface area (Å²) in [5.74, 6) is -3.77. The van der Waals surface area contributed by atoms with Crippen molar-refractivity contribution in [3.05, 3.63) is 54.3 Å². The lowest BCUT2D eigenvalue weighted by Gasteiger charge is -2.16. The van der Waals surface area contributed by atoms with Gasteiger partial charge in [-0.05, 0) is 48.5 Å². The van der Waals surface area contributed by atoms with Crippen molar-refractivity contribution in [2.45, 2.75) is 23.1 Å². The third-order valence-electron chi connectivity index (χ3n) is 3.65. The van der Waals surface area contributed by atoms with Gasteiger partial charge in [-0.3, -0.25) is 9.59 Å². The average molecular weight is 366 g/mol. The fraction of sp³-hybridized carbons (Fsp3) is 0.176. The molecule has 2 amide bonds. The molecule has 1 N–H and O–H groups in total. The standard InChI is InChI=1S/C17H13F3N2O2S/c18-10-1-3-11(4-2-10)21-14-9-15(23)22(16(14)24)12-5-7-13(8-6-12)25-17(19)20/h1-8,14,17,21H,9H2/t14-/m0/s1. The van der Waals surface area contributed by atoms with Gasteiger partial charge in [0.1, 0.15) is 11.9 Å². The maximum atomic E-state index is 12.9. The van der Waals surface area contributed by atoms with E-state index in [0.29, 0.717) is 28.0 Å². The van der Waals surface area contributed by atoms with E-state index in [1.54, 1.807) is 0 Å². The van der Waals surface area contributed by atoms with Crippen molar-refractivity contribution >= 4 is 35.0 Å². The van der Waals surface area contributed by atoms with E-state index in [1.807, 2.05) is 0 Å². The number of rotatable bonds is 5. The predicted molar refractivity (Wildman–Crippen MR) is 89.2 cm³/mol. The molecule has 0 saturated carbocycles. The Morgan fingerprint density at radius 3 is 2.28 bits per heavy atom. The zero-order valence-electron chi connectivity index (χ0n) is 12.8. The Hall–Kier alpha value is -2.48. The highest BCUT2D eigenvalue weighted by Gasteiger charge is 2.39. The molecule has 1 heterocycles. The van der Waals surface area contributed by atoms with Crippen LogP contribution in [0.1, 0.15) is 6.42 Å². The Bertz CT molecular complexity index is 781. The highest BCUT2D eigenvalue weighted by atomic mass is 32.2. The van der Waals surface area contributed by atoms with Gasteiger partial charge in [0.2, 0.25) is 5.91 Å². The first-order valence-electron chi connectivity index (χ1n) is 7.38. The molecule has 1 aliphatic rings. The summed E-state index contributed by atoms with van der Waals surface area (Å²) in [5, 5.41) is 2.90. The van der Waals surface area contributed by atoms with E-state index in [4.69, 9.17) is 0 Å². The van der Waals surface area contributed by atoms with E-state index in [0.717, 1.165) is 4.90 Å². The molecule has 8 heteroatoms. The minimum absolute atomic E-state index is 0.0380. The van der Waals surface area contributed by atoms with Crippen molar-refractivity contribution in [1.82, 2.24) is 0 Å². The highest BCUT2D eigenvalue weighted by molar-refractivity contribution is 7.99. The van der Waals surface area contributed by atoms with Crippen LogP contribution in [0.15, 0.2) is 53.4 Å². The van der Waals surface area contributed by atoms with Gasteiger partial charge in [-0.15, -0.1) is 0 Å². The first kappa shape index (κ1) is 17.3. The first-order chi connectivity index (χ1) is 11.9. The van der Waals surface area contributed by atoms with Gasteiger partial charge in [0.25, 0.3) is 11.7 Å². The summed E-state index contributed by atoms with van der Waals surface area (Å²) in [5.41, 5.74) is 0.857. The lowest BCUT2D eigenvalue weighted by atomic mass is 10.2. The number of imide groups is 1. The second-order valence-electron chi connectivity index (χ2n) is 5.35. The van der Waals surface area contributed by atoms with Gasteiger partial charge in [-0.1, -0.05) is 11.8 Å². The number of alkyl halides is 2. The molecule has 1 saturated heterocycles. The minimum Gasteiger partial charge on any atom is -0.373 e. The van der Waals surface area contributed by atoms with Crippen LogP contribution in [0.5, 0.6) is 0 Å². The molecule has 1 fully saturated rings. The molecule has 0 spiro atoms. The van der Waals surface area contributed by atoms with Crippen LogP contribution in [0.2, 0.25) is 0 Å². The lowest BCUT2D eigenvalue weighted by molar-refractivity contribution is -0.121. The van der Waals surface area contributed by atoms with Gasteiger partial charge >= 0.3 is 0 Å². The summed E-state index contributed by atoms with van der Waals surface area (Å²) in [4.78, 5) is 26.0. The zero-order chi connectivity index (χ0) is 18.0. The van der Waals surface area contributed by atoms with E-state index in [2.05, 4.69) is 5.32 Å². The van der Waals surface area contributed by atoms with Gasteiger partial charge in [0, 0.05) is 10.6 Å². The Morgan fingerprint density at radius 1 is 1.04 bits per heavy atom. The third-order valence-corrected chi connectivity index (χ3v) is 4.37. The highest BCUT2D eigenvalue weighted by Crippen LogP contribution is 2.29. The SMILES string of the molecule is O=C1C[C@H](Nc2ccc(F)cc2)C(=O)N1c1ccc(SC(F)F)cc1. The predicted octanol–water partition coefficient (Wildman–Crippen LogP) is 3.88. The summed E-state index contributed by atoms with van der Waals surface area (Å²) in [7, 11) is 0. The second kappa shape index (κ2) is 7.18. The Labute approximate surface area is 146 Å². The molecule has 2 aromatic carbocycles. The third kappa shape index (κ3) is 3.96. The molecule has 0 aromatic heterocycles. The number of carbonyl (C=O) groups is 2. The smallest absolute Gasteiger partial charge is 0.288 e. The van der Waals surface area contributed by atoms with Crippen LogP contribution in [0.4, 0.5) is 24.5 Å². The summed E-state index contributed by atoms with van der Waals surface area (Å²) < 4.78 is 37.6. The minimum atomic E-state index is -2.54. The molecular formula is C17H13F3N2O2S. The van der Waals surface area contributed by atoms with E-state index >= 15 is 0 Å². The van der Waals surface area contributed by atoms with Crippen LogP contribution >= 0.6 is 11.8 Å². The molecule has 4 nitrogen and oxygen atoms in total. The zero-order valence-corrected chi connectivity index (χ0v) is 13.6. The molecule has 25 heavy (non-hydrogen) atoms. The molecule has 0 radical (unpaired) electrons. The van der Waals surface area contributed by atoms with Gasteiger partial charge in [0.15, 0.2) is 0 Å². The monoisotopic (exact) mass is 366 g/mol. The van der Waals surface area contributed by atoms with Crippen LogP contribution in [0.25, 0.3) is 0 Å². The van der Waals surface area contributed by atoms with Crippen molar-refractivity contribution in [3.63, 3.8) is 0 Å². The van der Waals surface area contributed by atoms with E-state index in [9.17, 15) is 22.8 Å². The molecule has 1 aliphatic heterocycles. The summed E-state index contributed by atoms with van der Waals surface area (Å²) in [6.45, 7) is 0. The summed E-state index contributed by atoms with van der Waals surface area (Å²) in [6.07, 6.45) is -0.0380. The Morgan fingerprint density at radius 2 is 1.68 bits per heavy atom. The van der Waals surface area contributed by atoms with Gasteiger partial charge in [0.05, 0.1) is 12.1 Å². The number of amides is 2. The van der Waals surface area contributed by atoms with Crippen molar-refractivity contribution in [3.8, 4) is 0 Å². The van der Waals surface area contributed by atoms with E-state index in [1.165, 1.54) is 48.5 Å². The number of nitrogens with one attached hydrogen (secondary N) is 1. The van der Waals surface area contributed by atoms with Crippen molar-refractivity contribution in [2.75, 3.05) is 10.2 Å². The van der Waals surface area contributed by atoms with Crippen molar-refractivity contribution in [2.24, 2.45) is 0 Å². The number of hydrogen-bond acceptors (Lipinski definition) is 4. The number of nitrogens with zero attached hydrogens (tertiary/aromatic N) is 1. The Balaban J connectivity index is 1.73. The number of hydrogen-bond donors (Lipinski definition) is 1. The van der Waals surface area contributed by atoms with Crippen molar-refractivity contribution < 1.29 is 22.8 Å². The normalized spacial score (nSPS) is 17.4. The van der Waals surface area contributed by atoms with Gasteiger partial charge in [-0.2, -0.15) is 8.78 Å². The van der Waals surface area contributed by atoms with Crippen LogP contribution in [-0.2, 0) is 9.59 Å². The first-order valence-corrected chi connectivity index (χ1v) is 8.26. The molecule has 1 atom stereocenters.